The zero-order chi connectivity index (χ0) is 18.1. The third-order valence-electron chi connectivity index (χ3n) is 4.68. The van der Waals surface area contributed by atoms with Crippen LogP contribution in [-0.2, 0) is 19.9 Å². The first-order valence-corrected chi connectivity index (χ1v) is 8.67. The Morgan fingerprint density at radius 1 is 1.35 bits per heavy atom. The number of carbonyl (C=O) groups excluding carboxylic acids is 1. The third-order valence-corrected chi connectivity index (χ3v) is 4.68. The number of nitrogens with zero attached hydrogens (tertiary/aromatic N) is 5. The predicted octanol–water partition coefficient (Wildman–Crippen LogP) is 1.87. The molecule has 132 valence electrons. The van der Waals surface area contributed by atoms with E-state index in [1.54, 1.807) is 23.1 Å². The number of nitrogens with one attached hydrogen (secondary N) is 1. The molecule has 3 heterocycles. The van der Waals surface area contributed by atoms with Crippen LogP contribution in [0.2, 0.25) is 0 Å². The van der Waals surface area contributed by atoms with Gasteiger partial charge in [0.25, 0.3) is 5.91 Å². The molecule has 0 saturated carbocycles. The van der Waals surface area contributed by atoms with E-state index in [9.17, 15) is 4.79 Å². The van der Waals surface area contributed by atoms with Gasteiger partial charge >= 0.3 is 0 Å². The summed E-state index contributed by atoms with van der Waals surface area (Å²) in [6, 6.07) is 5.69. The lowest BCUT2D eigenvalue weighted by molar-refractivity contribution is 0.0927. The quantitative estimate of drug-likeness (QED) is 0.781. The lowest BCUT2D eigenvalue weighted by Gasteiger charge is -2.24. The first-order valence-electron chi connectivity index (χ1n) is 8.67. The first kappa shape index (κ1) is 16.4. The second kappa shape index (κ2) is 6.67. The normalized spacial score (nSPS) is 16.2. The van der Waals surface area contributed by atoms with Gasteiger partial charge in [0.15, 0.2) is 5.69 Å². The van der Waals surface area contributed by atoms with Crippen molar-refractivity contribution in [1.82, 2.24) is 30.0 Å². The molecule has 0 spiro atoms. The van der Waals surface area contributed by atoms with Crippen LogP contribution < -0.4 is 5.32 Å². The highest BCUT2D eigenvalue weighted by atomic mass is 16.2. The molecule has 1 amide bonds. The van der Waals surface area contributed by atoms with E-state index in [1.807, 2.05) is 32.3 Å². The summed E-state index contributed by atoms with van der Waals surface area (Å²) in [5.74, 6) is 0.639. The molecule has 0 bridgehead atoms. The molecule has 1 unspecified atom stereocenters. The topological polar surface area (TPSA) is 85.6 Å². The van der Waals surface area contributed by atoms with E-state index >= 15 is 0 Å². The van der Waals surface area contributed by atoms with Crippen LogP contribution in [0.5, 0.6) is 0 Å². The Bertz CT molecular complexity index is 950. The van der Waals surface area contributed by atoms with Gasteiger partial charge in [0.05, 0.1) is 5.69 Å². The molecule has 1 aliphatic carbocycles. The molecule has 0 saturated heterocycles. The highest BCUT2D eigenvalue weighted by molar-refractivity contribution is 5.93. The number of pyridine rings is 1. The van der Waals surface area contributed by atoms with Crippen molar-refractivity contribution < 1.29 is 4.79 Å². The van der Waals surface area contributed by atoms with Gasteiger partial charge in [-0.1, -0.05) is 0 Å². The van der Waals surface area contributed by atoms with Crippen LogP contribution in [0.3, 0.4) is 0 Å². The molecular weight excluding hydrogens is 328 g/mol. The number of aromatic nitrogens is 5. The molecule has 4 rings (SSSR count). The summed E-state index contributed by atoms with van der Waals surface area (Å²) < 4.78 is 1.71. The largest absolute Gasteiger partial charge is 0.348 e. The molecular formula is C19H20N6O. The second-order valence-corrected chi connectivity index (χ2v) is 6.58. The maximum absolute atomic E-state index is 12.6. The average Bonchev–Trinajstić information content (AvgIpc) is 3.04. The molecule has 1 aliphatic rings. The minimum absolute atomic E-state index is 0.0742. The van der Waals surface area contributed by atoms with E-state index in [4.69, 9.17) is 0 Å². The molecule has 1 N–H and O–H groups in total. The van der Waals surface area contributed by atoms with E-state index < -0.39 is 0 Å². The van der Waals surface area contributed by atoms with Gasteiger partial charge in [0.2, 0.25) is 0 Å². The monoisotopic (exact) mass is 348 g/mol. The number of rotatable bonds is 3. The summed E-state index contributed by atoms with van der Waals surface area (Å²) in [6.07, 6.45) is 7.84. The minimum atomic E-state index is -0.155. The average molecular weight is 348 g/mol. The van der Waals surface area contributed by atoms with Crippen molar-refractivity contribution in [3.63, 3.8) is 0 Å². The Labute approximate surface area is 151 Å². The molecule has 7 nitrogen and oxygen atoms in total. The van der Waals surface area contributed by atoms with E-state index in [-0.39, 0.29) is 11.9 Å². The maximum atomic E-state index is 12.6. The number of aryl methyl sites for hydroxylation is 3. The number of hydrogen-bond acceptors (Lipinski definition) is 5. The number of carbonyl (C=O) groups is 1. The lowest BCUT2D eigenvalue weighted by atomic mass is 9.92. The van der Waals surface area contributed by atoms with E-state index in [0.29, 0.717) is 5.69 Å². The van der Waals surface area contributed by atoms with Crippen molar-refractivity contribution in [3.05, 3.63) is 59.6 Å². The molecule has 0 aromatic carbocycles. The Kier molecular flexibility index (Phi) is 4.20. The van der Waals surface area contributed by atoms with E-state index in [2.05, 4.69) is 25.4 Å². The number of hydrogen-bond donors (Lipinski definition) is 1. The van der Waals surface area contributed by atoms with E-state index in [0.717, 1.165) is 47.6 Å². The summed E-state index contributed by atoms with van der Waals surface area (Å²) in [5.41, 5.74) is 4.42. The van der Waals surface area contributed by atoms with Crippen LogP contribution in [0, 0.1) is 6.92 Å². The Morgan fingerprint density at radius 2 is 2.23 bits per heavy atom. The van der Waals surface area contributed by atoms with Crippen molar-refractivity contribution in [2.75, 3.05) is 0 Å². The lowest BCUT2D eigenvalue weighted by Crippen LogP contribution is -2.39. The highest BCUT2D eigenvalue weighted by Gasteiger charge is 2.23. The van der Waals surface area contributed by atoms with Gasteiger partial charge < -0.3 is 5.32 Å². The van der Waals surface area contributed by atoms with E-state index in [1.165, 1.54) is 0 Å². The minimum Gasteiger partial charge on any atom is -0.348 e. The van der Waals surface area contributed by atoms with Gasteiger partial charge in [0, 0.05) is 42.9 Å². The summed E-state index contributed by atoms with van der Waals surface area (Å²) >= 11 is 0. The standard InChI is InChI=1S/C19H20N6O/c1-12-21-11-14-8-15(5-6-16(14)22-12)23-19(26)17-9-18(25(2)24-17)13-4-3-7-20-10-13/h3-4,7,9-11,15H,5-6,8H2,1-2H3,(H,23,26). The highest BCUT2D eigenvalue weighted by Crippen LogP contribution is 2.21. The van der Waals surface area contributed by atoms with Crippen LogP contribution in [0.4, 0.5) is 0 Å². The summed E-state index contributed by atoms with van der Waals surface area (Å²) in [7, 11) is 1.83. The smallest absolute Gasteiger partial charge is 0.272 e. The Hall–Kier alpha value is -3.09. The van der Waals surface area contributed by atoms with Crippen molar-refractivity contribution in [1.29, 1.82) is 0 Å². The summed E-state index contributed by atoms with van der Waals surface area (Å²) in [4.78, 5) is 25.5. The molecule has 26 heavy (non-hydrogen) atoms. The molecule has 0 fully saturated rings. The Morgan fingerprint density at radius 3 is 3.04 bits per heavy atom. The van der Waals surface area contributed by atoms with Crippen molar-refractivity contribution >= 4 is 5.91 Å². The molecule has 3 aromatic heterocycles. The second-order valence-electron chi connectivity index (χ2n) is 6.58. The van der Waals surface area contributed by atoms with Crippen molar-refractivity contribution in [2.45, 2.75) is 32.2 Å². The number of fused-ring (bicyclic) bond motifs is 1. The van der Waals surface area contributed by atoms with Gasteiger partial charge in [-0.2, -0.15) is 5.10 Å². The molecule has 0 aliphatic heterocycles. The van der Waals surface area contributed by atoms with Crippen LogP contribution in [0.1, 0.15) is 34.0 Å². The van der Waals surface area contributed by atoms with Crippen LogP contribution in [-0.4, -0.2) is 36.7 Å². The number of amides is 1. The van der Waals surface area contributed by atoms with Crippen LogP contribution in [0.25, 0.3) is 11.3 Å². The Balaban J connectivity index is 1.48. The third kappa shape index (κ3) is 3.20. The molecule has 0 radical (unpaired) electrons. The zero-order valence-corrected chi connectivity index (χ0v) is 14.8. The first-order chi connectivity index (χ1) is 12.6. The fourth-order valence-electron chi connectivity index (χ4n) is 3.35. The predicted molar refractivity (Wildman–Crippen MR) is 96.5 cm³/mol. The van der Waals surface area contributed by atoms with Crippen LogP contribution in [0.15, 0.2) is 36.8 Å². The molecule has 3 aromatic rings. The zero-order valence-electron chi connectivity index (χ0n) is 14.8. The van der Waals surface area contributed by atoms with Crippen molar-refractivity contribution in [2.24, 2.45) is 7.05 Å². The van der Waals surface area contributed by atoms with Crippen molar-refractivity contribution in [3.8, 4) is 11.3 Å². The van der Waals surface area contributed by atoms with Crippen LogP contribution >= 0.6 is 0 Å². The molecule has 7 heteroatoms. The van der Waals surface area contributed by atoms with Gasteiger partial charge in [-0.15, -0.1) is 0 Å². The van der Waals surface area contributed by atoms with Gasteiger partial charge in [-0.3, -0.25) is 14.5 Å². The molecule has 1 atom stereocenters. The summed E-state index contributed by atoms with van der Waals surface area (Å²) in [5, 5.41) is 7.46. The van der Waals surface area contributed by atoms with Gasteiger partial charge in [-0.25, -0.2) is 9.97 Å². The van der Waals surface area contributed by atoms with Gasteiger partial charge in [-0.05, 0) is 49.9 Å². The fraction of sp³-hybridized carbons (Fsp3) is 0.316. The van der Waals surface area contributed by atoms with Gasteiger partial charge in [0.1, 0.15) is 5.82 Å². The summed E-state index contributed by atoms with van der Waals surface area (Å²) in [6.45, 7) is 1.90. The maximum Gasteiger partial charge on any atom is 0.272 e. The fourth-order valence-corrected chi connectivity index (χ4v) is 3.35. The SMILES string of the molecule is Cc1ncc2c(n1)CCC(NC(=O)c1cc(-c3cccnc3)n(C)n1)C2.